The van der Waals surface area contributed by atoms with Gasteiger partial charge in [0.2, 0.25) is 0 Å². The van der Waals surface area contributed by atoms with E-state index in [9.17, 15) is 14.7 Å². The van der Waals surface area contributed by atoms with Crippen LogP contribution in [-0.4, -0.2) is 39.9 Å². The first kappa shape index (κ1) is 17.0. The van der Waals surface area contributed by atoms with Gasteiger partial charge in [-0.3, -0.25) is 4.79 Å². The number of rotatable bonds is 7. The zero-order valence-corrected chi connectivity index (χ0v) is 14.2. The van der Waals surface area contributed by atoms with E-state index in [1.807, 2.05) is 25.1 Å². The van der Waals surface area contributed by atoms with E-state index in [4.69, 9.17) is 4.74 Å². The van der Waals surface area contributed by atoms with Gasteiger partial charge in [0.25, 0.3) is 5.91 Å². The summed E-state index contributed by atoms with van der Waals surface area (Å²) < 4.78 is 6.89. The number of hydrogen-bond donors (Lipinski definition) is 2. The van der Waals surface area contributed by atoms with Crippen LogP contribution in [0.3, 0.4) is 0 Å². The van der Waals surface area contributed by atoms with Gasteiger partial charge in [-0.1, -0.05) is 18.9 Å². The molecule has 2 aromatic rings. The minimum Gasteiger partial charge on any atom is -0.494 e. The normalized spacial score (nSPS) is 14.8. The van der Waals surface area contributed by atoms with Crippen LogP contribution in [0.15, 0.2) is 30.5 Å². The summed E-state index contributed by atoms with van der Waals surface area (Å²) in [6.45, 7) is 1.95. The van der Waals surface area contributed by atoms with Crippen LogP contribution in [0.25, 0.3) is 5.69 Å². The summed E-state index contributed by atoms with van der Waals surface area (Å²) in [7, 11) is 1.57. The van der Waals surface area contributed by atoms with Crippen LogP contribution in [0.4, 0.5) is 0 Å². The van der Waals surface area contributed by atoms with Crippen molar-refractivity contribution in [3.05, 3.63) is 41.7 Å². The van der Waals surface area contributed by atoms with E-state index in [-0.39, 0.29) is 5.69 Å². The van der Waals surface area contributed by atoms with Gasteiger partial charge in [0.15, 0.2) is 5.69 Å². The lowest BCUT2D eigenvalue weighted by Crippen LogP contribution is -2.41. The van der Waals surface area contributed by atoms with Gasteiger partial charge in [0.05, 0.1) is 7.11 Å². The lowest BCUT2D eigenvalue weighted by molar-refractivity contribution is -0.139. The van der Waals surface area contributed by atoms with Gasteiger partial charge in [-0.2, -0.15) is 5.10 Å². The van der Waals surface area contributed by atoms with E-state index in [0.29, 0.717) is 23.8 Å². The summed E-state index contributed by atoms with van der Waals surface area (Å²) in [5.74, 6) is -0.466. The number of carboxylic acid groups (broad SMARTS) is 1. The average Bonchev–Trinajstić information content (AvgIpc) is 3.26. The third-order valence-corrected chi connectivity index (χ3v) is 4.27. The monoisotopic (exact) mass is 343 g/mol. The van der Waals surface area contributed by atoms with E-state index in [1.54, 1.807) is 24.1 Å². The summed E-state index contributed by atoms with van der Waals surface area (Å²) in [6, 6.07) is 6.35. The predicted octanol–water partition coefficient (Wildman–Crippen LogP) is 2.17. The van der Waals surface area contributed by atoms with Crippen molar-refractivity contribution >= 4 is 11.9 Å². The van der Waals surface area contributed by atoms with Gasteiger partial charge < -0.3 is 15.2 Å². The maximum Gasteiger partial charge on any atom is 0.326 e. The molecule has 7 nitrogen and oxygen atoms in total. The van der Waals surface area contributed by atoms with Crippen LogP contribution >= 0.6 is 0 Å². The summed E-state index contributed by atoms with van der Waals surface area (Å²) in [5.41, 5.74) is 1.92. The van der Waals surface area contributed by atoms with Gasteiger partial charge in [0, 0.05) is 6.20 Å². The second-order valence-corrected chi connectivity index (χ2v) is 6.36. The summed E-state index contributed by atoms with van der Waals surface area (Å²) in [4.78, 5) is 23.7. The molecule has 1 aromatic carbocycles. The molecule has 2 N–H and O–H groups in total. The smallest absolute Gasteiger partial charge is 0.326 e. The van der Waals surface area contributed by atoms with E-state index >= 15 is 0 Å². The molecule has 1 saturated carbocycles. The largest absolute Gasteiger partial charge is 0.494 e. The molecule has 0 radical (unpaired) electrons. The van der Waals surface area contributed by atoms with E-state index < -0.39 is 17.9 Å². The molecule has 1 amide bonds. The van der Waals surface area contributed by atoms with Crippen molar-refractivity contribution < 1.29 is 19.4 Å². The highest BCUT2D eigenvalue weighted by atomic mass is 16.5. The Labute approximate surface area is 145 Å². The van der Waals surface area contributed by atoms with Crippen LogP contribution in [0, 0.1) is 12.8 Å². The number of benzene rings is 1. The number of hydrogen-bond acceptors (Lipinski definition) is 4. The second-order valence-electron chi connectivity index (χ2n) is 6.36. The minimum absolute atomic E-state index is 0.172. The predicted molar refractivity (Wildman–Crippen MR) is 91.1 cm³/mol. The summed E-state index contributed by atoms with van der Waals surface area (Å²) in [5, 5.41) is 16.1. The van der Waals surface area contributed by atoms with Crippen LogP contribution in [-0.2, 0) is 4.79 Å². The molecular weight excluding hydrogens is 322 g/mol. The molecule has 1 unspecified atom stereocenters. The Morgan fingerprint density at radius 2 is 2.16 bits per heavy atom. The minimum atomic E-state index is -1.01. The molecular formula is C18H21N3O4. The van der Waals surface area contributed by atoms with Crippen molar-refractivity contribution in [1.29, 1.82) is 0 Å². The van der Waals surface area contributed by atoms with Crippen molar-refractivity contribution in [2.45, 2.75) is 32.2 Å². The standard InChI is InChI=1S/C18H21N3O4/c1-11-3-6-16(25-2)15(9-11)21-8-7-13(20-21)17(22)19-14(18(23)24)10-12-4-5-12/h3,6-9,12,14H,4-5,10H2,1-2H3,(H,19,22)(H,23,24). The Balaban J connectivity index is 1.77. The molecule has 1 atom stereocenters. The number of nitrogens with one attached hydrogen (secondary N) is 1. The van der Waals surface area contributed by atoms with Crippen molar-refractivity contribution in [2.24, 2.45) is 5.92 Å². The molecule has 132 valence electrons. The molecule has 3 rings (SSSR count). The third-order valence-electron chi connectivity index (χ3n) is 4.27. The number of carbonyl (C=O) groups excluding carboxylic acids is 1. The average molecular weight is 343 g/mol. The Bertz CT molecular complexity index is 795. The van der Waals surface area contributed by atoms with Gasteiger partial charge in [0.1, 0.15) is 17.5 Å². The molecule has 1 heterocycles. The zero-order chi connectivity index (χ0) is 18.0. The zero-order valence-electron chi connectivity index (χ0n) is 14.2. The highest BCUT2D eigenvalue weighted by molar-refractivity contribution is 5.94. The first-order valence-electron chi connectivity index (χ1n) is 8.22. The van der Waals surface area contributed by atoms with Crippen LogP contribution in [0.2, 0.25) is 0 Å². The van der Waals surface area contributed by atoms with Gasteiger partial charge in [-0.25, -0.2) is 9.48 Å². The number of aromatic nitrogens is 2. The second kappa shape index (κ2) is 6.96. The van der Waals surface area contributed by atoms with E-state index in [2.05, 4.69) is 10.4 Å². The number of nitrogens with zero attached hydrogens (tertiary/aromatic N) is 2. The topological polar surface area (TPSA) is 93.5 Å². The summed E-state index contributed by atoms with van der Waals surface area (Å²) >= 11 is 0. The molecule has 1 fully saturated rings. The van der Waals surface area contributed by atoms with Gasteiger partial charge in [-0.05, 0) is 43.0 Å². The van der Waals surface area contributed by atoms with Crippen molar-refractivity contribution in [1.82, 2.24) is 15.1 Å². The lowest BCUT2D eigenvalue weighted by atomic mass is 10.1. The third kappa shape index (κ3) is 3.99. The first-order valence-corrected chi connectivity index (χ1v) is 8.22. The van der Waals surface area contributed by atoms with Crippen molar-refractivity contribution in [3.8, 4) is 11.4 Å². The van der Waals surface area contributed by atoms with Crippen molar-refractivity contribution in [3.63, 3.8) is 0 Å². The molecule has 7 heteroatoms. The van der Waals surface area contributed by atoms with E-state index in [0.717, 1.165) is 18.4 Å². The Morgan fingerprint density at radius 1 is 1.40 bits per heavy atom. The van der Waals surface area contributed by atoms with Crippen LogP contribution in [0.5, 0.6) is 5.75 Å². The molecule has 1 aliphatic carbocycles. The fraction of sp³-hybridized carbons (Fsp3) is 0.389. The summed E-state index contributed by atoms with van der Waals surface area (Å²) in [6.07, 6.45) is 4.18. The maximum atomic E-state index is 12.3. The Morgan fingerprint density at radius 3 is 2.80 bits per heavy atom. The number of carboxylic acids is 1. The quantitative estimate of drug-likeness (QED) is 0.804. The molecule has 0 aliphatic heterocycles. The Kier molecular flexibility index (Phi) is 4.74. The first-order chi connectivity index (χ1) is 12.0. The fourth-order valence-electron chi connectivity index (χ4n) is 2.70. The molecule has 0 bridgehead atoms. The lowest BCUT2D eigenvalue weighted by Gasteiger charge is -2.13. The van der Waals surface area contributed by atoms with Crippen LogP contribution < -0.4 is 10.1 Å². The van der Waals surface area contributed by atoms with Gasteiger partial charge >= 0.3 is 5.97 Å². The SMILES string of the molecule is COc1ccc(C)cc1-n1ccc(C(=O)NC(CC2CC2)C(=O)O)n1. The highest BCUT2D eigenvalue weighted by Crippen LogP contribution is 2.33. The number of methoxy groups -OCH3 is 1. The molecule has 0 spiro atoms. The number of aryl methyl sites for hydroxylation is 1. The number of ether oxygens (including phenoxy) is 1. The van der Waals surface area contributed by atoms with Crippen LogP contribution in [0.1, 0.15) is 35.3 Å². The molecule has 1 aliphatic rings. The number of amides is 1. The number of aliphatic carboxylic acids is 1. The molecule has 1 aromatic heterocycles. The fourth-order valence-corrected chi connectivity index (χ4v) is 2.70. The Hall–Kier alpha value is -2.83. The van der Waals surface area contributed by atoms with E-state index in [1.165, 1.54) is 0 Å². The van der Waals surface area contributed by atoms with Gasteiger partial charge in [-0.15, -0.1) is 0 Å². The number of carbonyl (C=O) groups is 2. The van der Waals surface area contributed by atoms with Crippen molar-refractivity contribution in [2.75, 3.05) is 7.11 Å². The highest BCUT2D eigenvalue weighted by Gasteiger charge is 2.30. The molecule has 25 heavy (non-hydrogen) atoms. The molecule has 0 saturated heterocycles. The maximum absolute atomic E-state index is 12.3.